The van der Waals surface area contributed by atoms with Gasteiger partial charge >= 0.3 is 5.97 Å². The van der Waals surface area contributed by atoms with Crippen molar-refractivity contribution in [1.82, 2.24) is 5.32 Å². The third-order valence-corrected chi connectivity index (χ3v) is 1.91. The average Bonchev–Trinajstić information content (AvgIpc) is 2.36. The van der Waals surface area contributed by atoms with Gasteiger partial charge in [-0.1, -0.05) is 18.2 Å². The van der Waals surface area contributed by atoms with Gasteiger partial charge in [-0.05, 0) is 12.1 Å². The molecule has 17 heavy (non-hydrogen) atoms. The Morgan fingerprint density at radius 3 is 2.65 bits per heavy atom. The van der Waals surface area contributed by atoms with E-state index in [0.29, 0.717) is 5.56 Å². The van der Waals surface area contributed by atoms with Crippen LogP contribution in [0.3, 0.4) is 0 Å². The van der Waals surface area contributed by atoms with Crippen LogP contribution in [-0.4, -0.2) is 25.0 Å². The van der Waals surface area contributed by atoms with Gasteiger partial charge in [0.2, 0.25) is 5.91 Å². The summed E-state index contributed by atoms with van der Waals surface area (Å²) in [6.45, 7) is 0.296. The van der Waals surface area contributed by atoms with Crippen LogP contribution in [0.25, 0.3) is 0 Å². The van der Waals surface area contributed by atoms with Crippen LogP contribution >= 0.6 is 0 Å². The molecule has 0 aliphatic carbocycles. The van der Waals surface area contributed by atoms with Crippen molar-refractivity contribution in [2.75, 3.05) is 13.2 Å². The third-order valence-electron chi connectivity index (χ3n) is 1.91. The van der Waals surface area contributed by atoms with Gasteiger partial charge in [-0.3, -0.25) is 4.79 Å². The summed E-state index contributed by atoms with van der Waals surface area (Å²) in [5.41, 5.74) is 0.468. The highest BCUT2D eigenvalue weighted by molar-refractivity contribution is 5.89. The van der Waals surface area contributed by atoms with Crippen LogP contribution in [0.1, 0.15) is 16.8 Å². The normalized spacial score (nSPS) is 9.12. The number of hydrogen-bond acceptors (Lipinski definition) is 4. The Labute approximate surface area is 99.0 Å². The minimum absolute atomic E-state index is 0.0882. The second kappa shape index (κ2) is 7.01. The zero-order valence-corrected chi connectivity index (χ0v) is 9.18. The molecular weight excluding hydrogens is 220 g/mol. The van der Waals surface area contributed by atoms with Crippen molar-refractivity contribution in [3.8, 4) is 6.07 Å². The first kappa shape index (κ1) is 12.7. The number of nitriles is 1. The van der Waals surface area contributed by atoms with Gasteiger partial charge in [-0.15, -0.1) is 0 Å². The molecule has 0 radical (unpaired) electrons. The molecule has 0 saturated heterocycles. The lowest BCUT2D eigenvalue weighted by Gasteiger charge is -2.05. The molecular formula is C12H12N2O3. The van der Waals surface area contributed by atoms with E-state index >= 15 is 0 Å². The number of nitrogens with zero attached hydrogens (tertiary/aromatic N) is 1. The Bertz CT molecular complexity index is 423. The number of esters is 1. The lowest BCUT2D eigenvalue weighted by molar-refractivity contribution is -0.120. The van der Waals surface area contributed by atoms with Crippen molar-refractivity contribution >= 4 is 11.9 Å². The summed E-state index contributed by atoms with van der Waals surface area (Å²) < 4.78 is 4.92. The predicted octanol–water partition coefficient (Wildman–Crippen LogP) is 0.873. The maximum atomic E-state index is 11.4. The SMILES string of the molecule is N#CCC(=O)NCCOC(=O)c1ccccc1. The van der Waals surface area contributed by atoms with Crippen LogP contribution < -0.4 is 5.32 Å². The maximum absolute atomic E-state index is 11.4. The van der Waals surface area contributed by atoms with Crippen molar-refractivity contribution in [1.29, 1.82) is 5.26 Å². The smallest absolute Gasteiger partial charge is 0.338 e. The minimum atomic E-state index is -0.430. The number of carbonyl (C=O) groups is 2. The highest BCUT2D eigenvalue weighted by Gasteiger charge is 2.05. The van der Waals surface area contributed by atoms with E-state index < -0.39 is 5.97 Å². The van der Waals surface area contributed by atoms with Crippen LogP contribution in [0.2, 0.25) is 0 Å². The number of rotatable bonds is 5. The Morgan fingerprint density at radius 2 is 2.00 bits per heavy atom. The van der Waals surface area contributed by atoms with Crippen molar-refractivity contribution in [3.05, 3.63) is 35.9 Å². The van der Waals surface area contributed by atoms with Crippen molar-refractivity contribution in [2.45, 2.75) is 6.42 Å². The molecule has 0 aliphatic heterocycles. The van der Waals surface area contributed by atoms with E-state index in [1.54, 1.807) is 36.4 Å². The summed E-state index contributed by atoms with van der Waals surface area (Å²) in [6, 6.07) is 10.3. The standard InChI is InChI=1S/C12H12N2O3/c13-7-6-11(15)14-8-9-17-12(16)10-4-2-1-3-5-10/h1-5H,6,8-9H2,(H,14,15). The molecule has 1 amide bonds. The van der Waals surface area contributed by atoms with Gasteiger partial charge in [0.15, 0.2) is 0 Å². The van der Waals surface area contributed by atoms with E-state index in [9.17, 15) is 9.59 Å². The molecule has 1 N–H and O–H groups in total. The van der Waals surface area contributed by atoms with Gasteiger partial charge in [-0.2, -0.15) is 5.26 Å². The van der Waals surface area contributed by atoms with Gasteiger partial charge in [0, 0.05) is 0 Å². The summed E-state index contributed by atoms with van der Waals surface area (Å²) in [6.07, 6.45) is -0.188. The van der Waals surface area contributed by atoms with Crippen LogP contribution in [0.5, 0.6) is 0 Å². The first-order valence-corrected chi connectivity index (χ1v) is 5.10. The molecule has 5 nitrogen and oxygen atoms in total. The summed E-state index contributed by atoms with van der Waals surface area (Å²) in [5.74, 6) is -0.802. The van der Waals surface area contributed by atoms with Crippen LogP contribution in [0.15, 0.2) is 30.3 Å². The molecule has 0 spiro atoms. The van der Waals surface area contributed by atoms with E-state index in [2.05, 4.69) is 5.32 Å². The monoisotopic (exact) mass is 232 g/mol. The minimum Gasteiger partial charge on any atom is -0.460 e. The molecule has 0 saturated carbocycles. The lowest BCUT2D eigenvalue weighted by atomic mass is 10.2. The van der Waals surface area contributed by atoms with E-state index in [1.165, 1.54) is 0 Å². The summed E-state index contributed by atoms with van der Waals surface area (Å²) in [5, 5.41) is 10.7. The Hall–Kier alpha value is -2.35. The molecule has 0 atom stereocenters. The predicted molar refractivity (Wildman–Crippen MR) is 60.0 cm³/mol. The molecule has 88 valence electrons. The number of carbonyl (C=O) groups excluding carboxylic acids is 2. The average molecular weight is 232 g/mol. The Kier molecular flexibility index (Phi) is 5.25. The van der Waals surface area contributed by atoms with Crippen LogP contribution in [0.4, 0.5) is 0 Å². The van der Waals surface area contributed by atoms with Gasteiger partial charge in [0.25, 0.3) is 0 Å². The molecule has 0 aromatic heterocycles. The van der Waals surface area contributed by atoms with Crippen LogP contribution in [0, 0.1) is 11.3 Å². The molecule has 0 fully saturated rings. The fourth-order valence-corrected chi connectivity index (χ4v) is 1.13. The molecule has 5 heteroatoms. The molecule has 0 aliphatic rings. The first-order chi connectivity index (χ1) is 8.24. The van der Waals surface area contributed by atoms with E-state index in [4.69, 9.17) is 10.00 Å². The quantitative estimate of drug-likeness (QED) is 0.603. The molecule has 1 rings (SSSR count). The Morgan fingerprint density at radius 1 is 1.29 bits per heavy atom. The Balaban J connectivity index is 2.22. The number of hydrogen-bond donors (Lipinski definition) is 1. The van der Waals surface area contributed by atoms with Gasteiger partial charge < -0.3 is 10.1 Å². The van der Waals surface area contributed by atoms with Crippen molar-refractivity contribution < 1.29 is 14.3 Å². The lowest BCUT2D eigenvalue weighted by Crippen LogP contribution is -2.27. The topological polar surface area (TPSA) is 79.2 Å². The van der Waals surface area contributed by atoms with Crippen molar-refractivity contribution in [3.63, 3.8) is 0 Å². The number of ether oxygens (including phenoxy) is 1. The zero-order valence-electron chi connectivity index (χ0n) is 9.18. The largest absolute Gasteiger partial charge is 0.460 e. The summed E-state index contributed by atoms with van der Waals surface area (Å²) in [7, 11) is 0. The van der Waals surface area contributed by atoms with Crippen LogP contribution in [-0.2, 0) is 9.53 Å². The number of benzene rings is 1. The van der Waals surface area contributed by atoms with Gasteiger partial charge in [0.1, 0.15) is 13.0 Å². The second-order valence-corrected chi connectivity index (χ2v) is 3.19. The fraction of sp³-hybridized carbons (Fsp3) is 0.250. The first-order valence-electron chi connectivity index (χ1n) is 5.10. The van der Waals surface area contributed by atoms with Gasteiger partial charge in [-0.25, -0.2) is 4.79 Å². The van der Waals surface area contributed by atoms with E-state index in [0.717, 1.165) is 0 Å². The number of nitrogens with one attached hydrogen (secondary N) is 1. The van der Waals surface area contributed by atoms with E-state index in [1.807, 2.05) is 0 Å². The van der Waals surface area contributed by atoms with Crippen molar-refractivity contribution in [2.24, 2.45) is 0 Å². The fourth-order valence-electron chi connectivity index (χ4n) is 1.13. The molecule has 1 aromatic carbocycles. The second-order valence-electron chi connectivity index (χ2n) is 3.19. The maximum Gasteiger partial charge on any atom is 0.338 e. The molecule has 0 heterocycles. The highest BCUT2D eigenvalue weighted by Crippen LogP contribution is 2.00. The zero-order chi connectivity index (χ0) is 12.5. The summed E-state index contributed by atoms with van der Waals surface area (Å²) >= 11 is 0. The van der Waals surface area contributed by atoms with Gasteiger partial charge in [0.05, 0.1) is 18.2 Å². The molecule has 0 bridgehead atoms. The molecule has 0 unspecified atom stereocenters. The molecule has 1 aromatic rings. The summed E-state index contributed by atoms with van der Waals surface area (Å²) in [4.78, 5) is 22.3. The third kappa shape index (κ3) is 4.80. The number of amides is 1. The highest BCUT2D eigenvalue weighted by atomic mass is 16.5. The van der Waals surface area contributed by atoms with E-state index in [-0.39, 0.29) is 25.5 Å².